The largest absolute Gasteiger partial charge is 0.308 e. The number of nitrogens with zero attached hydrogens (tertiary/aromatic N) is 1. The first kappa shape index (κ1) is 15.7. The summed E-state index contributed by atoms with van der Waals surface area (Å²) in [5.74, 6) is -0.248. The monoisotopic (exact) mass is 330 g/mol. The zero-order valence-corrected chi connectivity index (χ0v) is 13.6. The highest BCUT2D eigenvalue weighted by Gasteiger charge is 2.30. The molecule has 0 fully saturated rings. The summed E-state index contributed by atoms with van der Waals surface area (Å²) in [5.41, 5.74) is 1.98. The molecule has 2 aromatic rings. The third-order valence-electron chi connectivity index (χ3n) is 3.94. The minimum absolute atomic E-state index is 0.0288. The van der Waals surface area contributed by atoms with E-state index in [4.69, 9.17) is 0 Å². The standard InChI is InChI=1S/C17H18N2O3S/c1-13-11-14-7-5-6-10-16(14)19(13)17(20)12-18-23(21,22)15-8-3-2-4-9-15/h2-10,13,18H,11-12H2,1H3. The van der Waals surface area contributed by atoms with Crippen molar-refractivity contribution < 1.29 is 13.2 Å². The van der Waals surface area contributed by atoms with Gasteiger partial charge in [0.05, 0.1) is 11.4 Å². The number of benzene rings is 2. The summed E-state index contributed by atoms with van der Waals surface area (Å²) in [5, 5.41) is 0. The smallest absolute Gasteiger partial charge is 0.242 e. The van der Waals surface area contributed by atoms with Crippen LogP contribution >= 0.6 is 0 Å². The summed E-state index contributed by atoms with van der Waals surface area (Å²) in [6.45, 7) is 1.71. The average molecular weight is 330 g/mol. The Kier molecular flexibility index (Phi) is 4.19. The normalized spacial score (nSPS) is 17.1. The molecule has 1 N–H and O–H groups in total. The maximum absolute atomic E-state index is 12.5. The van der Waals surface area contributed by atoms with Crippen LogP contribution in [0.3, 0.4) is 0 Å². The lowest BCUT2D eigenvalue weighted by Crippen LogP contribution is -2.43. The average Bonchev–Trinajstić information content (AvgIpc) is 2.89. The van der Waals surface area contributed by atoms with Gasteiger partial charge in [0.2, 0.25) is 15.9 Å². The first-order valence-corrected chi connectivity index (χ1v) is 8.92. The van der Waals surface area contributed by atoms with E-state index in [-0.39, 0.29) is 23.4 Å². The lowest BCUT2D eigenvalue weighted by molar-refractivity contribution is -0.117. The van der Waals surface area contributed by atoms with Gasteiger partial charge in [-0.2, -0.15) is 0 Å². The van der Waals surface area contributed by atoms with Gasteiger partial charge in [0.15, 0.2) is 0 Å². The van der Waals surface area contributed by atoms with Gasteiger partial charge >= 0.3 is 0 Å². The molecule has 0 radical (unpaired) electrons. The van der Waals surface area contributed by atoms with E-state index in [1.54, 1.807) is 23.1 Å². The second-order valence-corrected chi connectivity index (χ2v) is 7.35. The highest BCUT2D eigenvalue weighted by Crippen LogP contribution is 2.31. The summed E-state index contributed by atoms with van der Waals surface area (Å²) in [6, 6.07) is 15.8. The number of hydrogen-bond acceptors (Lipinski definition) is 3. The number of para-hydroxylation sites is 1. The van der Waals surface area contributed by atoms with Crippen LogP contribution in [0.25, 0.3) is 0 Å². The molecule has 1 aliphatic heterocycles. The molecule has 0 aliphatic carbocycles. The van der Waals surface area contributed by atoms with E-state index in [2.05, 4.69) is 4.72 Å². The van der Waals surface area contributed by atoms with E-state index < -0.39 is 10.0 Å². The van der Waals surface area contributed by atoms with Crippen molar-refractivity contribution in [1.29, 1.82) is 0 Å². The highest BCUT2D eigenvalue weighted by molar-refractivity contribution is 7.89. The molecule has 2 aromatic carbocycles. The zero-order chi connectivity index (χ0) is 16.4. The van der Waals surface area contributed by atoms with Crippen LogP contribution in [0.2, 0.25) is 0 Å². The number of nitrogens with one attached hydrogen (secondary N) is 1. The number of rotatable bonds is 4. The minimum atomic E-state index is -3.68. The summed E-state index contributed by atoms with van der Waals surface area (Å²) in [6.07, 6.45) is 0.785. The van der Waals surface area contributed by atoms with Crippen molar-refractivity contribution in [3.8, 4) is 0 Å². The maximum Gasteiger partial charge on any atom is 0.242 e. The molecule has 0 bridgehead atoms. The third-order valence-corrected chi connectivity index (χ3v) is 5.36. The predicted octanol–water partition coefficient (Wildman–Crippen LogP) is 1.94. The van der Waals surface area contributed by atoms with Gasteiger partial charge in [0, 0.05) is 11.7 Å². The summed E-state index contributed by atoms with van der Waals surface area (Å²) >= 11 is 0. The topological polar surface area (TPSA) is 66.5 Å². The first-order valence-electron chi connectivity index (χ1n) is 7.44. The number of anilines is 1. The van der Waals surface area contributed by atoms with Crippen molar-refractivity contribution in [2.24, 2.45) is 0 Å². The van der Waals surface area contributed by atoms with Gasteiger partial charge in [-0.05, 0) is 37.1 Å². The Morgan fingerprint density at radius 3 is 2.52 bits per heavy atom. The molecule has 1 amide bonds. The Bertz CT molecular complexity index is 819. The molecule has 0 spiro atoms. The van der Waals surface area contributed by atoms with E-state index in [0.717, 1.165) is 17.7 Å². The molecule has 1 aliphatic rings. The molecular formula is C17H18N2O3S. The number of amides is 1. The number of sulfonamides is 1. The summed E-state index contributed by atoms with van der Waals surface area (Å²) in [4.78, 5) is 14.3. The Morgan fingerprint density at radius 2 is 1.78 bits per heavy atom. The van der Waals surface area contributed by atoms with Crippen molar-refractivity contribution in [2.75, 3.05) is 11.4 Å². The fourth-order valence-corrected chi connectivity index (χ4v) is 3.87. The molecule has 1 heterocycles. The van der Waals surface area contributed by atoms with Crippen molar-refractivity contribution in [3.63, 3.8) is 0 Å². The highest BCUT2D eigenvalue weighted by atomic mass is 32.2. The van der Waals surface area contributed by atoms with Gasteiger partial charge in [-0.15, -0.1) is 0 Å². The molecular weight excluding hydrogens is 312 g/mol. The molecule has 1 unspecified atom stereocenters. The quantitative estimate of drug-likeness (QED) is 0.932. The number of fused-ring (bicyclic) bond motifs is 1. The molecule has 6 heteroatoms. The van der Waals surface area contributed by atoms with Gasteiger partial charge < -0.3 is 4.90 Å². The van der Waals surface area contributed by atoms with Crippen LogP contribution in [0.1, 0.15) is 12.5 Å². The molecule has 1 atom stereocenters. The second kappa shape index (κ2) is 6.14. The van der Waals surface area contributed by atoms with E-state index in [1.165, 1.54) is 12.1 Å². The lowest BCUT2D eigenvalue weighted by Gasteiger charge is -2.22. The Morgan fingerprint density at radius 1 is 1.13 bits per heavy atom. The molecule has 0 saturated heterocycles. The maximum atomic E-state index is 12.5. The Labute approximate surface area is 136 Å². The predicted molar refractivity (Wildman–Crippen MR) is 88.7 cm³/mol. The SMILES string of the molecule is CC1Cc2ccccc2N1C(=O)CNS(=O)(=O)c1ccccc1. The van der Waals surface area contributed by atoms with Gasteiger partial charge in [-0.3, -0.25) is 4.79 Å². The van der Waals surface area contributed by atoms with Crippen LogP contribution in [0.4, 0.5) is 5.69 Å². The van der Waals surface area contributed by atoms with Gasteiger partial charge in [-0.25, -0.2) is 13.1 Å². The number of carbonyl (C=O) groups excluding carboxylic acids is 1. The molecule has 3 rings (SSSR count). The van der Waals surface area contributed by atoms with Gasteiger partial charge in [-0.1, -0.05) is 36.4 Å². The van der Waals surface area contributed by atoms with Crippen molar-refractivity contribution in [2.45, 2.75) is 24.3 Å². The van der Waals surface area contributed by atoms with Crippen molar-refractivity contribution >= 4 is 21.6 Å². The third kappa shape index (κ3) is 3.13. The number of carbonyl (C=O) groups is 1. The van der Waals surface area contributed by atoms with Gasteiger partial charge in [0.25, 0.3) is 0 Å². The molecule has 0 saturated carbocycles. The van der Waals surface area contributed by atoms with E-state index in [0.29, 0.717) is 0 Å². The lowest BCUT2D eigenvalue weighted by atomic mass is 10.1. The minimum Gasteiger partial charge on any atom is -0.308 e. The molecule has 23 heavy (non-hydrogen) atoms. The summed E-state index contributed by atoms with van der Waals surface area (Å²) < 4.78 is 26.8. The first-order chi connectivity index (χ1) is 11.0. The van der Waals surface area contributed by atoms with Crippen LogP contribution in [0.5, 0.6) is 0 Å². The van der Waals surface area contributed by atoms with Crippen LogP contribution in [0, 0.1) is 0 Å². The number of hydrogen-bond donors (Lipinski definition) is 1. The van der Waals surface area contributed by atoms with Crippen LogP contribution in [-0.2, 0) is 21.2 Å². The van der Waals surface area contributed by atoms with E-state index >= 15 is 0 Å². The summed E-state index contributed by atoms with van der Waals surface area (Å²) in [7, 11) is -3.68. The fraction of sp³-hybridized carbons (Fsp3) is 0.235. The Hall–Kier alpha value is -2.18. The van der Waals surface area contributed by atoms with Gasteiger partial charge in [0.1, 0.15) is 0 Å². The van der Waals surface area contributed by atoms with E-state index in [1.807, 2.05) is 31.2 Å². The van der Waals surface area contributed by atoms with Crippen molar-refractivity contribution in [1.82, 2.24) is 4.72 Å². The molecule has 120 valence electrons. The van der Waals surface area contributed by atoms with Crippen LogP contribution in [-0.4, -0.2) is 26.9 Å². The fourth-order valence-electron chi connectivity index (χ4n) is 2.87. The second-order valence-electron chi connectivity index (χ2n) is 5.58. The Balaban J connectivity index is 1.73. The van der Waals surface area contributed by atoms with E-state index in [9.17, 15) is 13.2 Å². The molecule has 0 aromatic heterocycles. The van der Waals surface area contributed by atoms with Crippen LogP contribution < -0.4 is 9.62 Å². The van der Waals surface area contributed by atoms with Crippen LogP contribution in [0.15, 0.2) is 59.5 Å². The zero-order valence-electron chi connectivity index (χ0n) is 12.8. The van der Waals surface area contributed by atoms with Crippen molar-refractivity contribution in [3.05, 3.63) is 60.2 Å². The molecule has 5 nitrogen and oxygen atoms in total.